The van der Waals surface area contributed by atoms with E-state index in [4.69, 9.17) is 0 Å². The maximum absolute atomic E-state index is 4.37. The maximum atomic E-state index is 4.37. The van der Waals surface area contributed by atoms with Crippen molar-refractivity contribution in [1.29, 1.82) is 0 Å². The van der Waals surface area contributed by atoms with Crippen LogP contribution in [0.1, 0.15) is 19.7 Å². The van der Waals surface area contributed by atoms with Gasteiger partial charge in [-0.05, 0) is 34.5 Å². The second-order valence-electron chi connectivity index (χ2n) is 4.40. The second-order valence-corrected chi connectivity index (χ2v) is 6.22. The molecule has 2 aromatic rings. The Kier molecular flexibility index (Phi) is 4.36. The molecule has 0 aliphatic rings. The number of hydrogen-bond acceptors (Lipinski definition) is 3. The fourth-order valence-electron chi connectivity index (χ4n) is 1.51. The lowest BCUT2D eigenvalue weighted by atomic mass is 10.2. The Morgan fingerprint density at radius 1 is 1.53 bits per heavy atom. The molecule has 3 nitrogen and oxygen atoms in total. The number of nitrogens with zero attached hydrogens (tertiary/aromatic N) is 1. The van der Waals surface area contributed by atoms with Crippen LogP contribution in [-0.2, 0) is 6.54 Å². The van der Waals surface area contributed by atoms with E-state index in [0.717, 1.165) is 29.1 Å². The number of aromatic nitrogens is 2. The first-order chi connectivity index (χ1) is 8.15. The molecule has 0 aliphatic heterocycles. The van der Waals surface area contributed by atoms with Crippen LogP contribution in [0.2, 0.25) is 0 Å². The summed E-state index contributed by atoms with van der Waals surface area (Å²) >= 11 is 5.16. The molecule has 0 atom stereocenters. The van der Waals surface area contributed by atoms with Crippen LogP contribution in [-0.4, -0.2) is 16.5 Å². The first kappa shape index (κ1) is 12.8. The Morgan fingerprint density at radius 3 is 3.00 bits per heavy atom. The Hall–Kier alpha value is -0.650. The lowest BCUT2D eigenvalue weighted by Gasteiger charge is -2.04. The third kappa shape index (κ3) is 3.66. The molecule has 0 bridgehead atoms. The summed E-state index contributed by atoms with van der Waals surface area (Å²) in [6.07, 6.45) is 1.89. The van der Waals surface area contributed by atoms with Gasteiger partial charge in [-0.3, -0.25) is 0 Å². The van der Waals surface area contributed by atoms with Gasteiger partial charge in [0.15, 0.2) is 0 Å². The number of aromatic amines is 1. The Bertz CT molecular complexity index is 476. The summed E-state index contributed by atoms with van der Waals surface area (Å²) in [5.74, 6) is 1.66. The molecule has 2 N–H and O–H groups in total. The highest BCUT2D eigenvalue weighted by Crippen LogP contribution is 2.28. The van der Waals surface area contributed by atoms with Gasteiger partial charge in [-0.1, -0.05) is 13.8 Å². The molecule has 0 unspecified atom stereocenters. The third-order valence-electron chi connectivity index (χ3n) is 2.31. The van der Waals surface area contributed by atoms with Crippen LogP contribution >= 0.6 is 27.3 Å². The Morgan fingerprint density at radius 2 is 2.35 bits per heavy atom. The van der Waals surface area contributed by atoms with Crippen molar-refractivity contribution in [2.24, 2.45) is 5.92 Å². The minimum atomic E-state index is 0.665. The largest absolute Gasteiger partial charge is 0.340 e. The smallest absolute Gasteiger partial charge is 0.120 e. The highest BCUT2D eigenvalue weighted by Gasteiger charge is 2.05. The van der Waals surface area contributed by atoms with Gasteiger partial charge in [0.05, 0.1) is 23.3 Å². The molecule has 2 aromatic heterocycles. The number of imidazole rings is 1. The maximum Gasteiger partial charge on any atom is 0.120 e. The SMILES string of the molecule is CC(C)CNCc1ncc(-c2cc(Br)cs2)[nH]1. The molecule has 0 saturated carbocycles. The van der Waals surface area contributed by atoms with Gasteiger partial charge in [0, 0.05) is 9.85 Å². The van der Waals surface area contributed by atoms with Crippen molar-refractivity contribution in [3.8, 4) is 10.6 Å². The predicted octanol–water partition coefficient (Wildman–Crippen LogP) is 3.65. The zero-order valence-electron chi connectivity index (χ0n) is 9.96. The van der Waals surface area contributed by atoms with E-state index in [0.29, 0.717) is 5.92 Å². The van der Waals surface area contributed by atoms with Gasteiger partial charge < -0.3 is 10.3 Å². The summed E-state index contributed by atoms with van der Waals surface area (Å²) in [6.45, 7) is 6.21. The molecule has 0 radical (unpaired) electrons. The average Bonchev–Trinajstić information content (AvgIpc) is 2.86. The first-order valence-corrected chi connectivity index (χ1v) is 7.31. The summed E-state index contributed by atoms with van der Waals surface area (Å²) in [7, 11) is 0. The summed E-state index contributed by atoms with van der Waals surface area (Å²) < 4.78 is 1.12. The molecule has 5 heteroatoms. The number of H-pyrrole nitrogens is 1. The van der Waals surface area contributed by atoms with Crippen molar-refractivity contribution in [3.63, 3.8) is 0 Å². The minimum Gasteiger partial charge on any atom is -0.340 e. The minimum absolute atomic E-state index is 0.665. The highest BCUT2D eigenvalue weighted by molar-refractivity contribution is 9.10. The molecule has 92 valence electrons. The summed E-state index contributed by atoms with van der Waals surface area (Å²) in [5.41, 5.74) is 1.09. The fourth-order valence-corrected chi connectivity index (χ4v) is 2.91. The van der Waals surface area contributed by atoms with E-state index in [1.54, 1.807) is 11.3 Å². The van der Waals surface area contributed by atoms with E-state index in [-0.39, 0.29) is 0 Å². The van der Waals surface area contributed by atoms with E-state index in [9.17, 15) is 0 Å². The van der Waals surface area contributed by atoms with E-state index in [1.807, 2.05) is 6.20 Å². The number of thiophene rings is 1. The van der Waals surface area contributed by atoms with Gasteiger partial charge in [-0.15, -0.1) is 11.3 Å². The Balaban J connectivity index is 1.96. The van der Waals surface area contributed by atoms with Crippen molar-refractivity contribution < 1.29 is 0 Å². The van der Waals surface area contributed by atoms with Crippen LogP contribution in [0.15, 0.2) is 22.1 Å². The normalized spacial score (nSPS) is 11.3. The molecular weight excluding hydrogens is 298 g/mol. The molecule has 0 saturated heterocycles. The Labute approximate surface area is 114 Å². The van der Waals surface area contributed by atoms with Crippen molar-refractivity contribution in [2.45, 2.75) is 20.4 Å². The summed E-state index contributed by atoms with van der Waals surface area (Å²) in [5, 5.41) is 5.45. The van der Waals surface area contributed by atoms with E-state index in [1.165, 1.54) is 4.88 Å². The van der Waals surface area contributed by atoms with Gasteiger partial charge >= 0.3 is 0 Å². The molecule has 0 amide bonds. The fraction of sp³-hybridized carbons (Fsp3) is 0.417. The van der Waals surface area contributed by atoms with Crippen molar-refractivity contribution >= 4 is 27.3 Å². The van der Waals surface area contributed by atoms with E-state index >= 15 is 0 Å². The molecule has 0 fully saturated rings. The van der Waals surface area contributed by atoms with Gasteiger partial charge in [-0.25, -0.2) is 4.98 Å². The molecule has 2 heterocycles. The van der Waals surface area contributed by atoms with E-state index in [2.05, 4.69) is 56.5 Å². The standard InChI is InChI=1S/C12H16BrN3S/c1-8(2)4-14-6-12-15-5-10(16-12)11-3-9(13)7-17-11/h3,5,7-8,14H,4,6H2,1-2H3,(H,15,16). The number of rotatable bonds is 5. The summed E-state index contributed by atoms with van der Waals surface area (Å²) in [6, 6.07) is 2.10. The topological polar surface area (TPSA) is 40.7 Å². The molecule has 17 heavy (non-hydrogen) atoms. The van der Waals surface area contributed by atoms with Crippen molar-refractivity contribution in [3.05, 3.63) is 27.9 Å². The van der Waals surface area contributed by atoms with Gasteiger partial charge in [0.2, 0.25) is 0 Å². The highest BCUT2D eigenvalue weighted by atomic mass is 79.9. The van der Waals surface area contributed by atoms with Crippen LogP contribution in [0.3, 0.4) is 0 Å². The summed E-state index contributed by atoms with van der Waals surface area (Å²) in [4.78, 5) is 8.91. The monoisotopic (exact) mass is 313 g/mol. The van der Waals surface area contributed by atoms with Crippen LogP contribution in [0.4, 0.5) is 0 Å². The van der Waals surface area contributed by atoms with E-state index < -0.39 is 0 Å². The van der Waals surface area contributed by atoms with Gasteiger partial charge in [-0.2, -0.15) is 0 Å². The quantitative estimate of drug-likeness (QED) is 0.884. The van der Waals surface area contributed by atoms with Crippen LogP contribution in [0, 0.1) is 5.92 Å². The number of nitrogens with one attached hydrogen (secondary N) is 2. The third-order valence-corrected chi connectivity index (χ3v) is 4.03. The first-order valence-electron chi connectivity index (χ1n) is 5.64. The lowest BCUT2D eigenvalue weighted by molar-refractivity contribution is 0.545. The van der Waals surface area contributed by atoms with Gasteiger partial charge in [0.25, 0.3) is 0 Å². The van der Waals surface area contributed by atoms with Crippen LogP contribution in [0.25, 0.3) is 10.6 Å². The van der Waals surface area contributed by atoms with Crippen LogP contribution in [0.5, 0.6) is 0 Å². The molecule has 0 aromatic carbocycles. The number of hydrogen-bond donors (Lipinski definition) is 2. The van der Waals surface area contributed by atoms with Crippen LogP contribution < -0.4 is 5.32 Å². The average molecular weight is 314 g/mol. The van der Waals surface area contributed by atoms with Crippen molar-refractivity contribution in [2.75, 3.05) is 6.54 Å². The number of halogens is 1. The second kappa shape index (κ2) is 5.80. The zero-order chi connectivity index (χ0) is 12.3. The predicted molar refractivity (Wildman–Crippen MR) is 76.1 cm³/mol. The molecule has 2 rings (SSSR count). The zero-order valence-corrected chi connectivity index (χ0v) is 12.4. The lowest BCUT2D eigenvalue weighted by Crippen LogP contribution is -2.19. The van der Waals surface area contributed by atoms with Gasteiger partial charge in [0.1, 0.15) is 5.82 Å². The molecule has 0 aliphatic carbocycles. The molecule has 0 spiro atoms. The molecular formula is C12H16BrN3S. The van der Waals surface area contributed by atoms with Crippen molar-refractivity contribution in [1.82, 2.24) is 15.3 Å².